The normalized spacial score (nSPS) is 16.8. The molecule has 1 saturated carbocycles. The van der Waals surface area contributed by atoms with Gasteiger partial charge in [0.15, 0.2) is 0 Å². The smallest absolute Gasteiger partial charge is 0.229 e. The molecule has 1 aromatic carbocycles. The Labute approximate surface area is 172 Å². The van der Waals surface area contributed by atoms with Gasteiger partial charge in [-0.1, -0.05) is 0 Å². The predicted octanol–water partition coefficient (Wildman–Crippen LogP) is 3.61. The van der Waals surface area contributed by atoms with E-state index in [-0.39, 0.29) is 11.8 Å². The van der Waals surface area contributed by atoms with Crippen LogP contribution in [0.15, 0.2) is 24.5 Å². The number of hydrogen-bond donors (Lipinski definition) is 0. The summed E-state index contributed by atoms with van der Waals surface area (Å²) in [6, 6.07) is 6.00. The largest absolute Gasteiger partial charge is 0.492 e. The number of ether oxygens (including phenoxy) is 1. The summed E-state index contributed by atoms with van der Waals surface area (Å²) >= 11 is 0. The van der Waals surface area contributed by atoms with Crippen molar-refractivity contribution < 1.29 is 9.53 Å². The Morgan fingerprint density at radius 2 is 1.86 bits per heavy atom. The third-order valence-corrected chi connectivity index (χ3v) is 5.97. The average Bonchev–Trinajstić information content (AvgIpc) is 3.44. The van der Waals surface area contributed by atoms with E-state index in [2.05, 4.69) is 14.9 Å². The van der Waals surface area contributed by atoms with E-state index in [9.17, 15) is 4.79 Å². The highest BCUT2D eigenvalue weighted by atomic mass is 16.5. The van der Waals surface area contributed by atoms with E-state index in [0.29, 0.717) is 6.61 Å². The number of likely N-dealkylation sites (tertiary alicyclic amines) is 1. The number of aromatic nitrogens is 2. The first-order chi connectivity index (χ1) is 14.0. The maximum absolute atomic E-state index is 12.6. The van der Waals surface area contributed by atoms with E-state index >= 15 is 0 Å². The average molecular weight is 395 g/mol. The number of aryl methyl sites for hydroxylation is 2. The van der Waals surface area contributed by atoms with Gasteiger partial charge in [-0.05, 0) is 70.8 Å². The fourth-order valence-electron chi connectivity index (χ4n) is 4.05. The van der Waals surface area contributed by atoms with Gasteiger partial charge in [-0.2, -0.15) is 0 Å². The number of carbonyl (C=O) groups excluding carboxylic acids is 1. The summed E-state index contributed by atoms with van der Waals surface area (Å²) in [4.78, 5) is 25.6. The van der Waals surface area contributed by atoms with E-state index in [1.54, 1.807) is 11.2 Å². The molecular weight excluding hydrogens is 364 g/mol. The molecule has 6 nitrogen and oxygen atoms in total. The number of rotatable bonds is 7. The zero-order chi connectivity index (χ0) is 20.4. The van der Waals surface area contributed by atoms with Gasteiger partial charge in [0, 0.05) is 47.7 Å². The van der Waals surface area contributed by atoms with Crippen molar-refractivity contribution in [1.82, 2.24) is 14.9 Å². The Morgan fingerprint density at radius 1 is 1.17 bits per heavy atom. The van der Waals surface area contributed by atoms with Gasteiger partial charge in [-0.3, -0.25) is 9.69 Å². The second-order valence-electron chi connectivity index (χ2n) is 8.17. The highest BCUT2D eigenvalue weighted by Gasteiger charge is 2.32. The number of amides is 1. The van der Waals surface area contributed by atoms with Crippen LogP contribution in [0.25, 0.3) is 11.1 Å². The first-order valence-electron chi connectivity index (χ1n) is 10.6. The Hall–Kier alpha value is -2.47. The monoisotopic (exact) mass is 394 g/mol. The molecule has 2 aliphatic rings. The SMILES string of the molecule is Cc1ncnc(C)c1-c1cc(N(C)C(=O)C2CC2)ccc1OCCN1CCCC1. The topological polar surface area (TPSA) is 58.6 Å². The third kappa shape index (κ3) is 4.42. The summed E-state index contributed by atoms with van der Waals surface area (Å²) in [5.41, 5.74) is 4.64. The lowest BCUT2D eigenvalue weighted by atomic mass is 10.0. The molecule has 4 rings (SSSR count). The summed E-state index contributed by atoms with van der Waals surface area (Å²) in [6.07, 6.45) is 6.15. The molecule has 2 aromatic rings. The van der Waals surface area contributed by atoms with E-state index in [1.165, 1.54) is 12.8 Å². The van der Waals surface area contributed by atoms with Crippen LogP contribution in [0.5, 0.6) is 5.75 Å². The van der Waals surface area contributed by atoms with Crippen LogP contribution in [0.1, 0.15) is 37.1 Å². The summed E-state index contributed by atoms with van der Waals surface area (Å²) in [5, 5.41) is 0. The Kier molecular flexibility index (Phi) is 5.81. The molecule has 0 N–H and O–H groups in total. The number of nitrogens with zero attached hydrogens (tertiary/aromatic N) is 4. The van der Waals surface area contributed by atoms with Gasteiger partial charge in [-0.25, -0.2) is 9.97 Å². The number of hydrogen-bond acceptors (Lipinski definition) is 5. The minimum Gasteiger partial charge on any atom is -0.492 e. The molecule has 1 saturated heterocycles. The third-order valence-electron chi connectivity index (χ3n) is 5.97. The first kappa shape index (κ1) is 19.8. The van der Waals surface area contributed by atoms with Crippen molar-refractivity contribution >= 4 is 11.6 Å². The summed E-state index contributed by atoms with van der Waals surface area (Å²) < 4.78 is 6.22. The van der Waals surface area contributed by atoms with Crippen LogP contribution in [0, 0.1) is 19.8 Å². The van der Waals surface area contributed by atoms with E-state index in [0.717, 1.165) is 66.4 Å². The fourth-order valence-corrected chi connectivity index (χ4v) is 4.05. The second kappa shape index (κ2) is 8.49. The quantitative estimate of drug-likeness (QED) is 0.718. The van der Waals surface area contributed by atoms with Gasteiger partial charge in [0.05, 0.1) is 0 Å². The lowest BCUT2D eigenvalue weighted by molar-refractivity contribution is -0.119. The molecule has 0 unspecified atom stereocenters. The van der Waals surface area contributed by atoms with Crippen LogP contribution in [-0.4, -0.2) is 54.1 Å². The van der Waals surface area contributed by atoms with Gasteiger partial charge < -0.3 is 9.64 Å². The number of benzene rings is 1. The Morgan fingerprint density at radius 3 is 2.52 bits per heavy atom. The van der Waals surface area contributed by atoms with Crippen LogP contribution in [0.2, 0.25) is 0 Å². The Bertz CT molecular complexity index is 868. The minimum atomic E-state index is 0.184. The molecule has 0 atom stereocenters. The van der Waals surface area contributed by atoms with Crippen molar-refractivity contribution in [1.29, 1.82) is 0 Å². The van der Waals surface area contributed by atoms with Gasteiger partial charge in [0.1, 0.15) is 18.7 Å². The van der Waals surface area contributed by atoms with Crippen LogP contribution >= 0.6 is 0 Å². The lowest BCUT2D eigenvalue weighted by Crippen LogP contribution is -2.27. The van der Waals surface area contributed by atoms with Gasteiger partial charge >= 0.3 is 0 Å². The molecule has 0 radical (unpaired) electrons. The molecule has 0 spiro atoms. The maximum Gasteiger partial charge on any atom is 0.229 e. The van der Waals surface area contributed by atoms with Gasteiger partial charge in [-0.15, -0.1) is 0 Å². The van der Waals surface area contributed by atoms with E-state index in [4.69, 9.17) is 4.74 Å². The molecule has 1 aromatic heterocycles. The van der Waals surface area contributed by atoms with Crippen molar-refractivity contribution in [3.63, 3.8) is 0 Å². The molecule has 0 bridgehead atoms. The number of carbonyl (C=O) groups is 1. The lowest BCUT2D eigenvalue weighted by Gasteiger charge is -2.21. The highest BCUT2D eigenvalue weighted by Crippen LogP contribution is 2.38. The van der Waals surface area contributed by atoms with E-state index < -0.39 is 0 Å². The van der Waals surface area contributed by atoms with Gasteiger partial charge in [0.25, 0.3) is 0 Å². The zero-order valence-electron chi connectivity index (χ0n) is 17.6. The Balaban J connectivity index is 1.63. The van der Waals surface area contributed by atoms with Crippen LogP contribution in [-0.2, 0) is 4.79 Å². The summed E-state index contributed by atoms with van der Waals surface area (Å²) in [7, 11) is 1.86. The molecule has 1 aliphatic heterocycles. The van der Waals surface area contributed by atoms with Gasteiger partial charge in [0.2, 0.25) is 5.91 Å². The standard InChI is InChI=1S/C23H30N4O2/c1-16-22(17(2)25-15-24-16)20-14-19(26(3)23(28)18-6-7-18)8-9-21(20)29-13-12-27-10-4-5-11-27/h8-9,14-15,18H,4-7,10-13H2,1-3H3. The predicted molar refractivity (Wildman–Crippen MR) is 114 cm³/mol. The van der Waals surface area contributed by atoms with Crippen molar-refractivity contribution in [2.45, 2.75) is 39.5 Å². The molecule has 6 heteroatoms. The maximum atomic E-state index is 12.6. The molecule has 2 fully saturated rings. The first-order valence-corrected chi connectivity index (χ1v) is 10.6. The molecule has 2 heterocycles. The molecular formula is C23H30N4O2. The molecule has 29 heavy (non-hydrogen) atoms. The molecule has 1 aliphatic carbocycles. The molecule has 154 valence electrons. The summed E-state index contributed by atoms with van der Waals surface area (Å²) in [6.45, 7) is 7.88. The fraction of sp³-hybridized carbons (Fsp3) is 0.522. The minimum absolute atomic E-state index is 0.184. The number of anilines is 1. The summed E-state index contributed by atoms with van der Waals surface area (Å²) in [5.74, 6) is 1.20. The molecule has 1 amide bonds. The van der Waals surface area contributed by atoms with Crippen LogP contribution in [0.4, 0.5) is 5.69 Å². The van der Waals surface area contributed by atoms with Crippen LogP contribution in [0.3, 0.4) is 0 Å². The van der Waals surface area contributed by atoms with Crippen molar-refractivity contribution in [3.8, 4) is 16.9 Å². The van der Waals surface area contributed by atoms with E-state index in [1.807, 2.05) is 39.1 Å². The van der Waals surface area contributed by atoms with Crippen LogP contribution < -0.4 is 9.64 Å². The second-order valence-corrected chi connectivity index (χ2v) is 8.17. The highest BCUT2D eigenvalue weighted by molar-refractivity contribution is 5.97. The van der Waals surface area contributed by atoms with Crippen molar-refractivity contribution in [2.75, 3.05) is 38.2 Å². The van der Waals surface area contributed by atoms with Crippen molar-refractivity contribution in [3.05, 3.63) is 35.9 Å². The van der Waals surface area contributed by atoms with Crippen molar-refractivity contribution in [2.24, 2.45) is 5.92 Å². The zero-order valence-corrected chi connectivity index (χ0v) is 17.6.